The molecule has 0 spiro atoms. The zero-order valence-electron chi connectivity index (χ0n) is 15.0. The van der Waals surface area contributed by atoms with Crippen LogP contribution in [0.2, 0.25) is 5.02 Å². The number of ether oxygens (including phenoxy) is 2. The molecule has 0 saturated carbocycles. The Morgan fingerprint density at radius 3 is 2.76 bits per heavy atom. The van der Waals surface area contributed by atoms with Crippen LogP contribution in [0, 0.1) is 0 Å². The van der Waals surface area contributed by atoms with E-state index >= 15 is 0 Å². The number of anilines is 1. The van der Waals surface area contributed by atoms with Crippen LogP contribution < -0.4 is 5.32 Å². The van der Waals surface area contributed by atoms with E-state index in [0.717, 1.165) is 6.42 Å². The molecule has 1 saturated heterocycles. The fraction of sp³-hybridized carbons (Fsp3) is 0.588. The number of hydrogen-bond donors (Lipinski definition) is 1. The minimum absolute atomic E-state index is 0.0194. The Labute approximate surface area is 152 Å². The second-order valence-corrected chi connectivity index (χ2v) is 7.24. The summed E-state index contributed by atoms with van der Waals surface area (Å²) in [5.41, 5.74) is -0.213. The molecule has 1 N–H and O–H groups in total. The van der Waals surface area contributed by atoms with Gasteiger partial charge in [-0.05, 0) is 40.2 Å². The molecule has 1 aliphatic rings. The van der Waals surface area contributed by atoms with Gasteiger partial charge >= 0.3 is 12.1 Å². The molecule has 1 aliphatic heterocycles. The minimum atomic E-state index is -0.517. The van der Waals surface area contributed by atoms with E-state index in [-0.39, 0.29) is 12.1 Å². The number of carbonyl (C=O) groups excluding carboxylic acids is 2. The van der Waals surface area contributed by atoms with E-state index in [2.05, 4.69) is 10.3 Å². The molecule has 1 aromatic heterocycles. The van der Waals surface area contributed by atoms with Crippen molar-refractivity contribution in [1.82, 2.24) is 9.88 Å². The van der Waals surface area contributed by atoms with E-state index in [4.69, 9.17) is 21.1 Å². The van der Waals surface area contributed by atoms with E-state index in [1.807, 2.05) is 20.8 Å². The van der Waals surface area contributed by atoms with Crippen molar-refractivity contribution in [3.63, 3.8) is 0 Å². The molecule has 138 valence electrons. The average molecular weight is 370 g/mol. The van der Waals surface area contributed by atoms with Gasteiger partial charge in [-0.3, -0.25) is 0 Å². The lowest BCUT2D eigenvalue weighted by molar-refractivity contribution is 0.0293. The van der Waals surface area contributed by atoms with E-state index in [1.165, 1.54) is 12.3 Å². The van der Waals surface area contributed by atoms with E-state index in [0.29, 0.717) is 36.1 Å². The number of rotatable bonds is 4. The minimum Gasteiger partial charge on any atom is -0.462 e. The maximum Gasteiger partial charge on any atom is 0.410 e. The number of aromatic nitrogens is 1. The lowest BCUT2D eigenvalue weighted by atomic mass is 10.2. The number of carbonyl (C=O) groups is 2. The predicted molar refractivity (Wildman–Crippen MR) is 95.0 cm³/mol. The monoisotopic (exact) mass is 369 g/mol. The zero-order chi connectivity index (χ0) is 18.6. The fourth-order valence-electron chi connectivity index (χ4n) is 2.43. The first kappa shape index (κ1) is 19.3. The first-order chi connectivity index (χ1) is 11.7. The van der Waals surface area contributed by atoms with Gasteiger partial charge in [0.1, 0.15) is 11.4 Å². The summed E-state index contributed by atoms with van der Waals surface area (Å²) in [6.07, 6.45) is 1.86. The van der Waals surface area contributed by atoms with Gasteiger partial charge in [0, 0.05) is 25.3 Å². The van der Waals surface area contributed by atoms with Gasteiger partial charge in [-0.1, -0.05) is 11.6 Å². The van der Waals surface area contributed by atoms with Crippen molar-refractivity contribution in [1.29, 1.82) is 0 Å². The molecule has 8 heteroatoms. The lowest BCUT2D eigenvalue weighted by Crippen LogP contribution is -2.36. The average Bonchev–Trinajstić information content (AvgIpc) is 2.96. The van der Waals surface area contributed by atoms with Gasteiger partial charge < -0.3 is 19.7 Å². The number of likely N-dealkylation sites (tertiary alicyclic amines) is 1. The smallest absolute Gasteiger partial charge is 0.410 e. The van der Waals surface area contributed by atoms with E-state index in [9.17, 15) is 9.59 Å². The van der Waals surface area contributed by atoms with Gasteiger partial charge in [0.2, 0.25) is 0 Å². The summed E-state index contributed by atoms with van der Waals surface area (Å²) in [5, 5.41) is 3.54. The van der Waals surface area contributed by atoms with Crippen LogP contribution in [0.1, 0.15) is 44.5 Å². The number of nitrogens with zero attached hydrogens (tertiary/aromatic N) is 2. The Kier molecular flexibility index (Phi) is 6.11. The summed E-state index contributed by atoms with van der Waals surface area (Å²) in [6, 6.07) is 1.54. The largest absolute Gasteiger partial charge is 0.462 e. The van der Waals surface area contributed by atoms with Crippen LogP contribution in [0.5, 0.6) is 0 Å². The first-order valence-corrected chi connectivity index (χ1v) is 8.64. The molecular formula is C17H24ClN3O4. The molecule has 0 radical (unpaired) electrons. The predicted octanol–water partition coefficient (Wildman–Crippen LogP) is 3.33. The molecule has 2 rings (SSSR count). The standard InChI is InChI=1S/C17H24ClN3O4/c1-5-24-15(22)11-8-13(18)14(19-9-11)20-12-6-7-21(10-12)16(23)25-17(2,3)4/h8-9,12H,5-7,10H2,1-4H3,(H,19,20)/t12-/m1/s1. The molecule has 1 atom stereocenters. The molecule has 1 fully saturated rings. The number of amides is 1. The van der Waals surface area contributed by atoms with Crippen LogP contribution in [-0.4, -0.2) is 53.3 Å². The van der Waals surface area contributed by atoms with Crippen molar-refractivity contribution in [2.24, 2.45) is 0 Å². The number of nitrogens with one attached hydrogen (secondary N) is 1. The van der Waals surface area contributed by atoms with E-state index in [1.54, 1.807) is 11.8 Å². The highest BCUT2D eigenvalue weighted by atomic mass is 35.5. The number of esters is 1. The van der Waals surface area contributed by atoms with Crippen molar-refractivity contribution in [3.05, 3.63) is 22.8 Å². The maximum atomic E-state index is 12.1. The van der Waals surface area contributed by atoms with Crippen molar-refractivity contribution < 1.29 is 19.1 Å². The molecule has 0 unspecified atom stereocenters. The molecule has 0 aliphatic carbocycles. The number of halogens is 1. The van der Waals surface area contributed by atoms with Crippen molar-refractivity contribution in [2.75, 3.05) is 25.0 Å². The third-order valence-corrected chi connectivity index (χ3v) is 3.82. The summed E-state index contributed by atoms with van der Waals surface area (Å²) in [6.45, 7) is 8.65. The van der Waals surface area contributed by atoms with Gasteiger partial charge in [0.25, 0.3) is 0 Å². The second kappa shape index (κ2) is 7.91. The molecular weight excluding hydrogens is 346 g/mol. The molecule has 1 amide bonds. The van der Waals surface area contributed by atoms with Crippen LogP contribution >= 0.6 is 11.6 Å². The van der Waals surface area contributed by atoms with Gasteiger partial charge in [0.15, 0.2) is 0 Å². The van der Waals surface area contributed by atoms with Crippen molar-refractivity contribution >= 4 is 29.5 Å². The van der Waals surface area contributed by atoms with Crippen LogP contribution in [0.15, 0.2) is 12.3 Å². The zero-order valence-corrected chi connectivity index (χ0v) is 15.7. The SMILES string of the molecule is CCOC(=O)c1cnc(N[C@@H]2CCN(C(=O)OC(C)(C)C)C2)c(Cl)c1. The summed E-state index contributed by atoms with van der Waals surface area (Å²) >= 11 is 6.20. The Morgan fingerprint density at radius 2 is 2.16 bits per heavy atom. The summed E-state index contributed by atoms with van der Waals surface area (Å²) in [7, 11) is 0. The molecule has 25 heavy (non-hydrogen) atoms. The Bertz CT molecular complexity index is 645. The maximum absolute atomic E-state index is 12.1. The highest BCUT2D eigenvalue weighted by Crippen LogP contribution is 2.24. The number of pyridine rings is 1. The van der Waals surface area contributed by atoms with Gasteiger partial charge in [0.05, 0.1) is 17.2 Å². The normalized spacial score (nSPS) is 17.3. The third-order valence-electron chi connectivity index (χ3n) is 3.53. The van der Waals surface area contributed by atoms with Gasteiger partial charge in [-0.2, -0.15) is 0 Å². The summed E-state index contributed by atoms with van der Waals surface area (Å²) in [5.74, 6) is 0.0196. The van der Waals surface area contributed by atoms with E-state index < -0.39 is 11.6 Å². The molecule has 1 aromatic rings. The van der Waals surface area contributed by atoms with Gasteiger partial charge in [-0.15, -0.1) is 0 Å². The molecule has 2 heterocycles. The summed E-state index contributed by atoms with van der Waals surface area (Å²) in [4.78, 5) is 29.6. The molecule has 7 nitrogen and oxygen atoms in total. The quantitative estimate of drug-likeness (QED) is 0.820. The summed E-state index contributed by atoms with van der Waals surface area (Å²) < 4.78 is 10.3. The first-order valence-electron chi connectivity index (χ1n) is 8.26. The third kappa shape index (κ3) is 5.49. The molecule has 0 aromatic carbocycles. The van der Waals surface area contributed by atoms with Gasteiger partial charge in [-0.25, -0.2) is 14.6 Å². The highest BCUT2D eigenvalue weighted by molar-refractivity contribution is 6.33. The van der Waals surface area contributed by atoms with Crippen molar-refractivity contribution in [2.45, 2.75) is 45.8 Å². The second-order valence-electron chi connectivity index (χ2n) is 6.83. The van der Waals surface area contributed by atoms with Crippen LogP contribution in [0.3, 0.4) is 0 Å². The highest BCUT2D eigenvalue weighted by Gasteiger charge is 2.30. The van der Waals surface area contributed by atoms with Crippen LogP contribution in [0.25, 0.3) is 0 Å². The Morgan fingerprint density at radius 1 is 1.44 bits per heavy atom. The lowest BCUT2D eigenvalue weighted by Gasteiger charge is -2.24. The fourth-order valence-corrected chi connectivity index (χ4v) is 2.65. The van der Waals surface area contributed by atoms with Crippen molar-refractivity contribution in [3.8, 4) is 0 Å². The molecule has 0 bridgehead atoms. The Hall–Kier alpha value is -2.02. The van der Waals surface area contributed by atoms with Crippen LogP contribution in [0.4, 0.5) is 10.6 Å². The topological polar surface area (TPSA) is 80.8 Å². The Balaban J connectivity index is 1.95. The van der Waals surface area contributed by atoms with Crippen LogP contribution in [-0.2, 0) is 9.47 Å². The number of hydrogen-bond acceptors (Lipinski definition) is 6.